The summed E-state index contributed by atoms with van der Waals surface area (Å²) in [5, 5.41) is 16.4. The lowest BCUT2D eigenvalue weighted by Crippen LogP contribution is -2.30. The van der Waals surface area contributed by atoms with E-state index in [0.717, 1.165) is 0 Å². The van der Waals surface area contributed by atoms with E-state index in [0.29, 0.717) is 28.1 Å². The molecule has 0 saturated heterocycles. The standard InChI is InChI=1S/C29H21N3O6/c33-27(17-14-20-7-4-5-11-26(20)32(36)37)21-12-15-23(16-13-21)30-29(35)25(19-24-10-6-18-38-24)31-28(34)22-8-2-1-3-9-22/h1-19H,(H,30,35)(H,31,34)/b17-14+,25-19-. The number of benzene rings is 3. The van der Waals surface area contributed by atoms with Crippen molar-refractivity contribution in [2.24, 2.45) is 0 Å². The largest absolute Gasteiger partial charge is 0.465 e. The summed E-state index contributed by atoms with van der Waals surface area (Å²) in [5.41, 5.74) is 1.24. The number of nitro groups is 1. The number of nitro benzene ring substituents is 1. The van der Waals surface area contributed by atoms with E-state index in [1.165, 1.54) is 54.8 Å². The van der Waals surface area contributed by atoms with Crippen molar-refractivity contribution in [3.8, 4) is 0 Å². The zero-order valence-electron chi connectivity index (χ0n) is 19.9. The summed E-state index contributed by atoms with van der Waals surface area (Å²) in [4.78, 5) is 48.8. The van der Waals surface area contributed by atoms with Gasteiger partial charge in [0.2, 0.25) is 0 Å². The Balaban J connectivity index is 1.46. The van der Waals surface area contributed by atoms with Crippen LogP contribution in [0.25, 0.3) is 12.2 Å². The van der Waals surface area contributed by atoms with Gasteiger partial charge in [0.1, 0.15) is 11.5 Å². The lowest BCUT2D eigenvalue weighted by atomic mass is 10.1. The predicted octanol–water partition coefficient (Wildman–Crippen LogP) is 5.49. The molecule has 0 unspecified atom stereocenters. The number of amides is 2. The number of furan rings is 1. The van der Waals surface area contributed by atoms with Crippen molar-refractivity contribution in [3.05, 3.63) is 142 Å². The van der Waals surface area contributed by atoms with E-state index >= 15 is 0 Å². The van der Waals surface area contributed by atoms with Gasteiger partial charge in [0.15, 0.2) is 5.78 Å². The lowest BCUT2D eigenvalue weighted by Gasteiger charge is -2.11. The van der Waals surface area contributed by atoms with Crippen LogP contribution in [0.3, 0.4) is 0 Å². The van der Waals surface area contributed by atoms with Crippen molar-refractivity contribution in [3.63, 3.8) is 0 Å². The van der Waals surface area contributed by atoms with Crippen LogP contribution in [0.4, 0.5) is 11.4 Å². The molecular weight excluding hydrogens is 486 g/mol. The van der Waals surface area contributed by atoms with Gasteiger partial charge in [-0.05, 0) is 66.7 Å². The van der Waals surface area contributed by atoms with Crippen LogP contribution in [0.1, 0.15) is 32.0 Å². The van der Waals surface area contributed by atoms with Gasteiger partial charge < -0.3 is 15.1 Å². The SMILES string of the molecule is O=C(Nc1ccc(C(=O)/C=C/c2ccccc2[N+](=O)[O-])cc1)/C(=C/c1ccco1)NC(=O)c1ccccc1. The molecule has 0 spiro atoms. The van der Waals surface area contributed by atoms with Gasteiger partial charge in [-0.25, -0.2) is 0 Å². The number of nitrogens with one attached hydrogen (secondary N) is 2. The summed E-state index contributed by atoms with van der Waals surface area (Å²) in [6, 6.07) is 23.9. The summed E-state index contributed by atoms with van der Waals surface area (Å²) < 4.78 is 5.28. The van der Waals surface area contributed by atoms with Gasteiger partial charge in [0.25, 0.3) is 17.5 Å². The highest BCUT2D eigenvalue weighted by molar-refractivity contribution is 6.11. The second kappa shape index (κ2) is 11.9. The van der Waals surface area contributed by atoms with E-state index in [1.807, 2.05) is 0 Å². The molecule has 0 fully saturated rings. The van der Waals surface area contributed by atoms with Crippen LogP contribution in [0.15, 0.2) is 113 Å². The van der Waals surface area contributed by atoms with Crippen molar-refractivity contribution in [1.29, 1.82) is 0 Å². The van der Waals surface area contributed by atoms with E-state index < -0.39 is 16.7 Å². The fraction of sp³-hybridized carbons (Fsp3) is 0. The summed E-state index contributed by atoms with van der Waals surface area (Å²) in [7, 11) is 0. The maximum atomic E-state index is 13.0. The molecule has 4 rings (SSSR count). The number of rotatable bonds is 9. The topological polar surface area (TPSA) is 132 Å². The highest BCUT2D eigenvalue weighted by atomic mass is 16.6. The average molecular weight is 508 g/mol. The quantitative estimate of drug-likeness (QED) is 0.133. The van der Waals surface area contributed by atoms with Gasteiger partial charge in [-0.3, -0.25) is 24.5 Å². The highest BCUT2D eigenvalue weighted by Gasteiger charge is 2.16. The summed E-state index contributed by atoms with van der Waals surface area (Å²) in [6.45, 7) is 0. The molecule has 0 aliphatic heterocycles. The minimum atomic E-state index is -0.596. The van der Waals surface area contributed by atoms with E-state index in [9.17, 15) is 24.5 Å². The van der Waals surface area contributed by atoms with E-state index in [1.54, 1.807) is 60.7 Å². The number of allylic oxidation sites excluding steroid dienone is 1. The number of hydrogen-bond donors (Lipinski definition) is 2. The Morgan fingerprint density at radius 1 is 0.816 bits per heavy atom. The normalized spacial score (nSPS) is 11.2. The Bertz CT molecular complexity index is 1520. The Labute approximate surface area is 217 Å². The van der Waals surface area contributed by atoms with Crippen molar-refractivity contribution >= 4 is 41.1 Å². The van der Waals surface area contributed by atoms with Gasteiger partial charge in [0, 0.05) is 29.0 Å². The van der Waals surface area contributed by atoms with Crippen LogP contribution in [0, 0.1) is 10.1 Å². The first-order chi connectivity index (χ1) is 18.4. The molecule has 0 atom stereocenters. The van der Waals surface area contributed by atoms with Gasteiger partial charge in [-0.1, -0.05) is 30.3 Å². The zero-order chi connectivity index (χ0) is 26.9. The molecule has 3 aromatic carbocycles. The van der Waals surface area contributed by atoms with Crippen molar-refractivity contribution in [1.82, 2.24) is 5.32 Å². The molecule has 0 radical (unpaired) electrons. The van der Waals surface area contributed by atoms with Crippen molar-refractivity contribution < 1.29 is 23.7 Å². The van der Waals surface area contributed by atoms with E-state index in [2.05, 4.69) is 10.6 Å². The molecule has 1 heterocycles. The molecule has 188 valence electrons. The number of anilines is 1. The molecule has 2 amide bonds. The molecule has 4 aromatic rings. The fourth-order valence-corrected chi connectivity index (χ4v) is 3.43. The molecule has 0 aliphatic carbocycles. The minimum Gasteiger partial charge on any atom is -0.465 e. The average Bonchev–Trinajstić information content (AvgIpc) is 3.45. The minimum absolute atomic E-state index is 0.0404. The predicted molar refractivity (Wildman–Crippen MR) is 142 cm³/mol. The Hall–Kier alpha value is -5.57. The van der Waals surface area contributed by atoms with Gasteiger partial charge >= 0.3 is 0 Å². The van der Waals surface area contributed by atoms with Crippen LogP contribution in [-0.4, -0.2) is 22.5 Å². The summed E-state index contributed by atoms with van der Waals surface area (Å²) >= 11 is 0. The molecule has 9 nitrogen and oxygen atoms in total. The third-order valence-electron chi connectivity index (χ3n) is 5.33. The Morgan fingerprint density at radius 2 is 1.53 bits per heavy atom. The maximum absolute atomic E-state index is 13.0. The molecule has 0 aliphatic rings. The Morgan fingerprint density at radius 3 is 2.21 bits per heavy atom. The number of para-hydroxylation sites is 1. The fourth-order valence-electron chi connectivity index (χ4n) is 3.43. The summed E-state index contributed by atoms with van der Waals surface area (Å²) in [6.07, 6.45) is 5.48. The van der Waals surface area contributed by atoms with Crippen molar-refractivity contribution in [2.75, 3.05) is 5.32 Å². The molecule has 38 heavy (non-hydrogen) atoms. The van der Waals surface area contributed by atoms with Crippen LogP contribution in [0.5, 0.6) is 0 Å². The smallest absolute Gasteiger partial charge is 0.276 e. The van der Waals surface area contributed by atoms with E-state index in [-0.39, 0.29) is 17.2 Å². The number of ketones is 1. The van der Waals surface area contributed by atoms with Crippen LogP contribution in [-0.2, 0) is 4.79 Å². The first-order valence-corrected chi connectivity index (χ1v) is 11.4. The Kier molecular flexibility index (Phi) is 8.00. The second-order valence-electron chi connectivity index (χ2n) is 7.94. The number of hydrogen-bond acceptors (Lipinski definition) is 6. The maximum Gasteiger partial charge on any atom is 0.276 e. The first kappa shape index (κ1) is 25.5. The van der Waals surface area contributed by atoms with E-state index in [4.69, 9.17) is 4.42 Å². The molecule has 9 heteroatoms. The van der Waals surface area contributed by atoms with Crippen LogP contribution in [0.2, 0.25) is 0 Å². The first-order valence-electron chi connectivity index (χ1n) is 11.4. The molecule has 2 N–H and O–H groups in total. The highest BCUT2D eigenvalue weighted by Crippen LogP contribution is 2.20. The number of carbonyl (C=O) groups excluding carboxylic acids is 3. The van der Waals surface area contributed by atoms with Gasteiger partial charge in [-0.15, -0.1) is 0 Å². The third kappa shape index (κ3) is 6.55. The number of carbonyl (C=O) groups is 3. The van der Waals surface area contributed by atoms with Crippen LogP contribution >= 0.6 is 0 Å². The lowest BCUT2D eigenvalue weighted by molar-refractivity contribution is -0.385. The van der Waals surface area contributed by atoms with Gasteiger partial charge in [-0.2, -0.15) is 0 Å². The molecule has 1 aromatic heterocycles. The van der Waals surface area contributed by atoms with Crippen LogP contribution < -0.4 is 10.6 Å². The molecule has 0 saturated carbocycles. The number of nitrogens with zero attached hydrogens (tertiary/aromatic N) is 1. The zero-order valence-corrected chi connectivity index (χ0v) is 19.9. The summed E-state index contributed by atoms with van der Waals surface area (Å²) in [5.74, 6) is -1.06. The van der Waals surface area contributed by atoms with Crippen molar-refractivity contribution in [2.45, 2.75) is 0 Å². The molecule has 0 bridgehead atoms. The second-order valence-corrected chi connectivity index (χ2v) is 7.94. The third-order valence-corrected chi connectivity index (χ3v) is 5.33. The monoisotopic (exact) mass is 507 g/mol. The van der Waals surface area contributed by atoms with Gasteiger partial charge in [0.05, 0.1) is 16.7 Å². The molecular formula is C29H21N3O6.